The van der Waals surface area contributed by atoms with Gasteiger partial charge in [-0.05, 0) is 50.8 Å². The van der Waals surface area contributed by atoms with Gasteiger partial charge in [-0.25, -0.2) is 4.98 Å². The third kappa shape index (κ3) is 5.25. The van der Waals surface area contributed by atoms with Crippen molar-refractivity contribution in [2.45, 2.75) is 52.7 Å². The minimum Gasteiger partial charge on any atom is -0.392 e. The van der Waals surface area contributed by atoms with Gasteiger partial charge >= 0.3 is 0 Å². The van der Waals surface area contributed by atoms with Crippen LogP contribution in [0.3, 0.4) is 0 Å². The normalized spacial score (nSPS) is 12.6. The number of nitrogens with one attached hydrogen (secondary N) is 1. The van der Waals surface area contributed by atoms with Crippen LogP contribution in [-0.2, 0) is 6.54 Å². The largest absolute Gasteiger partial charge is 0.392 e. The van der Waals surface area contributed by atoms with Gasteiger partial charge in [-0.3, -0.25) is 9.69 Å². The molecule has 6 heteroatoms. The van der Waals surface area contributed by atoms with Crippen LogP contribution < -0.4 is 5.56 Å². The number of benzene rings is 1. The number of thiophene rings is 1. The Labute approximate surface area is 182 Å². The molecule has 0 aliphatic heterocycles. The van der Waals surface area contributed by atoms with E-state index in [-0.39, 0.29) is 5.56 Å². The van der Waals surface area contributed by atoms with Crippen LogP contribution in [-0.4, -0.2) is 39.2 Å². The number of aryl methyl sites for hydroxylation is 2. The number of hydrogen-bond donors (Lipinski definition) is 2. The summed E-state index contributed by atoms with van der Waals surface area (Å²) in [5, 5.41) is 13.0. The maximum absolute atomic E-state index is 13.0. The van der Waals surface area contributed by atoms with Crippen LogP contribution in [0, 0.1) is 13.8 Å². The van der Waals surface area contributed by atoms with E-state index in [1.165, 1.54) is 16.9 Å². The van der Waals surface area contributed by atoms with E-state index in [2.05, 4.69) is 55.4 Å². The molecule has 1 unspecified atom stereocenters. The van der Waals surface area contributed by atoms with Crippen molar-refractivity contribution in [3.05, 3.63) is 63.5 Å². The van der Waals surface area contributed by atoms with Crippen molar-refractivity contribution in [1.82, 2.24) is 14.9 Å². The van der Waals surface area contributed by atoms with Crippen molar-refractivity contribution in [2.75, 3.05) is 13.1 Å². The molecule has 0 radical (unpaired) electrons. The van der Waals surface area contributed by atoms with Crippen molar-refractivity contribution in [3.8, 4) is 11.1 Å². The van der Waals surface area contributed by atoms with Crippen molar-refractivity contribution in [3.63, 3.8) is 0 Å². The maximum atomic E-state index is 13.0. The SMILES string of the molecule is C=CCCC(O)CN(CCC)Cc1nc2scc(-c3ccc(C)cc3C)c2c(=O)[nH]1. The van der Waals surface area contributed by atoms with Crippen molar-refractivity contribution in [1.29, 1.82) is 0 Å². The third-order valence-electron chi connectivity index (χ3n) is 5.25. The van der Waals surface area contributed by atoms with Gasteiger partial charge in [0.2, 0.25) is 0 Å². The number of nitrogens with zero attached hydrogens (tertiary/aromatic N) is 2. The first kappa shape index (κ1) is 22.4. The average Bonchev–Trinajstić information content (AvgIpc) is 3.11. The Hall–Kier alpha value is -2.28. The van der Waals surface area contributed by atoms with Crippen molar-refractivity contribution < 1.29 is 5.11 Å². The van der Waals surface area contributed by atoms with Gasteiger partial charge in [-0.1, -0.05) is 36.8 Å². The number of aliphatic hydroxyl groups excluding tert-OH is 1. The van der Waals surface area contributed by atoms with E-state index in [1.54, 1.807) is 0 Å². The first-order chi connectivity index (χ1) is 14.4. The van der Waals surface area contributed by atoms with Crippen LogP contribution in [0.25, 0.3) is 21.3 Å². The highest BCUT2D eigenvalue weighted by atomic mass is 32.1. The number of allylic oxidation sites excluding steroid dienone is 1. The third-order valence-corrected chi connectivity index (χ3v) is 6.12. The fourth-order valence-corrected chi connectivity index (χ4v) is 4.80. The van der Waals surface area contributed by atoms with E-state index in [0.29, 0.717) is 30.7 Å². The van der Waals surface area contributed by atoms with E-state index < -0.39 is 6.10 Å². The molecule has 1 aromatic carbocycles. The molecular weight excluding hydrogens is 394 g/mol. The Morgan fingerprint density at radius 3 is 2.83 bits per heavy atom. The number of aromatic amines is 1. The maximum Gasteiger partial charge on any atom is 0.260 e. The molecule has 3 aromatic rings. The first-order valence-corrected chi connectivity index (χ1v) is 11.4. The molecule has 0 bridgehead atoms. The standard InChI is InChI=1S/C24H31N3O2S/c1-5-7-8-18(28)13-27(11-6-2)14-21-25-23(29)22-20(15-30-24(22)26-21)19-10-9-16(3)12-17(19)4/h5,9-10,12,15,18,28H,1,6-8,11,13-14H2,2-4H3,(H,25,26,29). The average molecular weight is 426 g/mol. The van der Waals surface area contributed by atoms with Crippen LogP contribution >= 0.6 is 11.3 Å². The summed E-state index contributed by atoms with van der Waals surface area (Å²) in [5.41, 5.74) is 4.27. The molecule has 30 heavy (non-hydrogen) atoms. The second kappa shape index (κ2) is 10.2. The summed E-state index contributed by atoms with van der Waals surface area (Å²) in [6.07, 6.45) is 3.86. The van der Waals surface area contributed by atoms with Crippen LogP contribution in [0.5, 0.6) is 0 Å². The molecule has 160 valence electrons. The van der Waals surface area contributed by atoms with Crippen LogP contribution in [0.1, 0.15) is 43.1 Å². The Morgan fingerprint density at radius 2 is 2.13 bits per heavy atom. The number of H-pyrrole nitrogens is 1. The van der Waals surface area contributed by atoms with Gasteiger partial charge in [0.1, 0.15) is 10.7 Å². The summed E-state index contributed by atoms with van der Waals surface area (Å²) in [5.74, 6) is 0.644. The highest BCUT2D eigenvalue weighted by Gasteiger charge is 2.17. The molecule has 0 spiro atoms. The zero-order chi connectivity index (χ0) is 21.7. The van der Waals surface area contributed by atoms with Gasteiger partial charge in [-0.15, -0.1) is 17.9 Å². The van der Waals surface area contributed by atoms with Gasteiger partial charge in [0, 0.05) is 17.5 Å². The summed E-state index contributed by atoms with van der Waals surface area (Å²) in [4.78, 5) is 23.6. The van der Waals surface area contributed by atoms with Crippen LogP contribution in [0.2, 0.25) is 0 Å². The lowest BCUT2D eigenvalue weighted by atomic mass is 9.99. The van der Waals surface area contributed by atoms with E-state index in [4.69, 9.17) is 4.98 Å². The summed E-state index contributed by atoms with van der Waals surface area (Å²) in [6.45, 7) is 11.9. The molecule has 5 nitrogen and oxygen atoms in total. The van der Waals surface area contributed by atoms with Gasteiger partial charge in [-0.2, -0.15) is 0 Å². The smallest absolute Gasteiger partial charge is 0.260 e. The fourth-order valence-electron chi connectivity index (χ4n) is 3.84. The highest BCUT2D eigenvalue weighted by molar-refractivity contribution is 7.17. The molecular formula is C24H31N3O2S. The van der Waals surface area contributed by atoms with Gasteiger partial charge in [0.15, 0.2) is 0 Å². The summed E-state index contributed by atoms with van der Waals surface area (Å²) in [6, 6.07) is 6.28. The second-order valence-corrected chi connectivity index (χ2v) is 8.77. The number of fused-ring (bicyclic) bond motifs is 1. The second-order valence-electron chi connectivity index (χ2n) is 7.92. The minimum absolute atomic E-state index is 0.102. The molecule has 0 amide bonds. The topological polar surface area (TPSA) is 69.2 Å². The zero-order valence-corrected chi connectivity index (χ0v) is 18.9. The number of hydrogen-bond acceptors (Lipinski definition) is 5. The molecule has 2 aromatic heterocycles. The van der Waals surface area contributed by atoms with Gasteiger partial charge in [0.25, 0.3) is 5.56 Å². The lowest BCUT2D eigenvalue weighted by Crippen LogP contribution is -2.33. The predicted octanol–water partition coefficient (Wildman–Crippen LogP) is 4.81. The summed E-state index contributed by atoms with van der Waals surface area (Å²) in [7, 11) is 0. The molecule has 2 N–H and O–H groups in total. The molecule has 0 saturated heterocycles. The molecule has 0 fully saturated rings. The highest BCUT2D eigenvalue weighted by Crippen LogP contribution is 2.33. The molecule has 0 saturated carbocycles. The summed E-state index contributed by atoms with van der Waals surface area (Å²) >= 11 is 1.51. The predicted molar refractivity (Wildman–Crippen MR) is 126 cm³/mol. The fraction of sp³-hybridized carbons (Fsp3) is 0.417. The number of aliphatic hydroxyl groups is 1. The quantitative estimate of drug-likeness (QED) is 0.458. The van der Waals surface area contributed by atoms with E-state index in [1.807, 2.05) is 11.5 Å². The molecule has 0 aliphatic rings. The van der Waals surface area contributed by atoms with Crippen molar-refractivity contribution >= 4 is 21.6 Å². The Kier molecular flexibility index (Phi) is 7.58. The van der Waals surface area contributed by atoms with Crippen molar-refractivity contribution in [2.24, 2.45) is 0 Å². The van der Waals surface area contributed by atoms with E-state index >= 15 is 0 Å². The zero-order valence-electron chi connectivity index (χ0n) is 18.1. The van der Waals surface area contributed by atoms with Crippen LogP contribution in [0.15, 0.2) is 41.0 Å². The van der Waals surface area contributed by atoms with Gasteiger partial charge in [0.05, 0.1) is 18.0 Å². The lowest BCUT2D eigenvalue weighted by molar-refractivity contribution is 0.101. The minimum atomic E-state index is -0.414. The monoisotopic (exact) mass is 425 g/mol. The molecule has 0 aliphatic carbocycles. The number of rotatable bonds is 10. The van der Waals surface area contributed by atoms with E-state index in [0.717, 1.165) is 40.9 Å². The van der Waals surface area contributed by atoms with E-state index in [9.17, 15) is 9.90 Å². The summed E-state index contributed by atoms with van der Waals surface area (Å²) < 4.78 is 0. The Balaban J connectivity index is 1.87. The molecule has 1 atom stereocenters. The van der Waals surface area contributed by atoms with Gasteiger partial charge < -0.3 is 10.1 Å². The molecule has 2 heterocycles. The lowest BCUT2D eigenvalue weighted by Gasteiger charge is -2.24. The Morgan fingerprint density at radius 1 is 1.33 bits per heavy atom. The number of aromatic nitrogens is 2. The van der Waals surface area contributed by atoms with Crippen LogP contribution in [0.4, 0.5) is 0 Å². The molecule has 3 rings (SSSR count). The first-order valence-electron chi connectivity index (χ1n) is 10.5. The Bertz CT molecular complexity index is 1070.